The highest BCUT2D eigenvalue weighted by atomic mass is 15.3. The molecule has 0 atom stereocenters. The smallest absolute Gasteiger partial charge is 0.229 e. The first-order chi connectivity index (χ1) is 11.3. The molecule has 0 radical (unpaired) electrons. The first-order valence-electron chi connectivity index (χ1n) is 8.06. The van der Waals surface area contributed by atoms with Gasteiger partial charge in [-0.05, 0) is 30.5 Å². The van der Waals surface area contributed by atoms with Crippen LogP contribution in [0.15, 0.2) is 42.7 Å². The summed E-state index contributed by atoms with van der Waals surface area (Å²) in [5, 5.41) is 8.91. The van der Waals surface area contributed by atoms with Crippen LogP contribution in [0.3, 0.4) is 0 Å². The molecule has 1 aromatic heterocycles. The number of aromatic nitrogens is 2. The minimum absolute atomic E-state index is 0.155. The lowest BCUT2D eigenvalue weighted by Crippen LogP contribution is -2.44. The van der Waals surface area contributed by atoms with Gasteiger partial charge in [0.1, 0.15) is 0 Å². The molecule has 1 fully saturated rings. The maximum Gasteiger partial charge on any atom is 0.229 e. The van der Waals surface area contributed by atoms with Crippen LogP contribution in [0.25, 0.3) is 0 Å². The monoisotopic (exact) mass is 305 g/mol. The Morgan fingerprint density at radius 3 is 2.57 bits per heavy atom. The van der Waals surface area contributed by atoms with E-state index in [1.54, 1.807) is 12.4 Å². The highest BCUT2D eigenvalue weighted by Crippen LogP contribution is 2.48. The molecular formula is C18H19N5. The van der Waals surface area contributed by atoms with E-state index >= 15 is 0 Å². The summed E-state index contributed by atoms with van der Waals surface area (Å²) < 4.78 is 0. The third-order valence-corrected chi connectivity index (χ3v) is 5.13. The fourth-order valence-corrected chi connectivity index (χ4v) is 3.91. The summed E-state index contributed by atoms with van der Waals surface area (Å²) in [4.78, 5) is 13.4. The average Bonchev–Trinajstić information content (AvgIpc) is 2.93. The van der Waals surface area contributed by atoms with E-state index in [1.165, 1.54) is 11.3 Å². The molecule has 1 aromatic carbocycles. The van der Waals surface area contributed by atoms with Crippen molar-refractivity contribution in [1.29, 1.82) is 5.26 Å². The predicted octanol–water partition coefficient (Wildman–Crippen LogP) is 2.49. The Bertz CT molecular complexity index is 729. The number of hydrogen-bond donors (Lipinski definition) is 0. The van der Waals surface area contributed by atoms with E-state index in [0.717, 1.165) is 38.4 Å². The molecule has 0 saturated carbocycles. The molecule has 0 N–H and O–H groups in total. The zero-order chi connectivity index (χ0) is 15.7. The predicted molar refractivity (Wildman–Crippen MR) is 88.4 cm³/mol. The summed E-state index contributed by atoms with van der Waals surface area (Å²) in [6, 6.07) is 12.7. The molecule has 23 heavy (non-hydrogen) atoms. The third kappa shape index (κ3) is 2.36. The van der Waals surface area contributed by atoms with Crippen LogP contribution in [0.4, 0.5) is 11.6 Å². The fourth-order valence-electron chi connectivity index (χ4n) is 3.91. The number of likely N-dealkylation sites (tertiary alicyclic amines) is 1. The van der Waals surface area contributed by atoms with Crippen LogP contribution in [0, 0.1) is 11.3 Å². The molecule has 116 valence electrons. The molecule has 5 nitrogen and oxygen atoms in total. The number of para-hydroxylation sites is 1. The maximum absolute atomic E-state index is 8.91. The minimum atomic E-state index is 0.155. The fraction of sp³-hybridized carbons (Fsp3) is 0.389. The molecule has 0 bridgehead atoms. The Hall–Kier alpha value is -2.45. The highest BCUT2D eigenvalue weighted by molar-refractivity contribution is 5.69. The van der Waals surface area contributed by atoms with Crippen molar-refractivity contribution in [2.24, 2.45) is 0 Å². The Balaban J connectivity index is 1.68. The largest absolute Gasteiger partial charge is 0.309 e. The zero-order valence-corrected chi connectivity index (χ0v) is 13.0. The highest BCUT2D eigenvalue weighted by Gasteiger charge is 2.45. The molecule has 0 unspecified atom stereocenters. The van der Waals surface area contributed by atoms with Gasteiger partial charge in [-0.1, -0.05) is 18.2 Å². The molecule has 1 spiro atoms. The van der Waals surface area contributed by atoms with Gasteiger partial charge < -0.3 is 4.90 Å². The number of benzene rings is 1. The molecule has 1 saturated heterocycles. The number of nitriles is 1. The lowest BCUT2D eigenvalue weighted by atomic mass is 9.74. The molecule has 0 aliphatic carbocycles. The standard InChI is InChI=1S/C18H19N5/c19-8-13-22-11-6-18(7-12-22)14-23(17-20-9-3-10-21-17)16-5-2-1-4-15(16)18/h1-5,9-10H,6-7,11-14H2. The summed E-state index contributed by atoms with van der Waals surface area (Å²) >= 11 is 0. The van der Waals surface area contributed by atoms with Gasteiger partial charge in [0.25, 0.3) is 0 Å². The number of piperidine rings is 1. The van der Waals surface area contributed by atoms with Crippen LogP contribution in [-0.2, 0) is 5.41 Å². The van der Waals surface area contributed by atoms with E-state index in [4.69, 9.17) is 5.26 Å². The van der Waals surface area contributed by atoms with E-state index in [0.29, 0.717) is 6.54 Å². The van der Waals surface area contributed by atoms with Crippen LogP contribution >= 0.6 is 0 Å². The summed E-state index contributed by atoms with van der Waals surface area (Å²) in [6.07, 6.45) is 5.75. The van der Waals surface area contributed by atoms with Crippen molar-refractivity contribution < 1.29 is 0 Å². The Morgan fingerprint density at radius 2 is 1.83 bits per heavy atom. The lowest BCUT2D eigenvalue weighted by Gasteiger charge is -2.39. The molecule has 3 heterocycles. The first kappa shape index (κ1) is 14.2. The molecule has 2 aliphatic heterocycles. The number of nitrogens with zero attached hydrogens (tertiary/aromatic N) is 5. The Morgan fingerprint density at radius 1 is 1.09 bits per heavy atom. The van der Waals surface area contributed by atoms with Crippen LogP contribution in [0.2, 0.25) is 0 Å². The van der Waals surface area contributed by atoms with Crippen LogP contribution in [-0.4, -0.2) is 41.0 Å². The van der Waals surface area contributed by atoms with Crippen molar-refractivity contribution in [1.82, 2.24) is 14.9 Å². The average molecular weight is 305 g/mol. The number of hydrogen-bond acceptors (Lipinski definition) is 5. The maximum atomic E-state index is 8.91. The molecule has 5 heteroatoms. The summed E-state index contributed by atoms with van der Waals surface area (Å²) in [5.74, 6) is 0.774. The van der Waals surface area contributed by atoms with E-state index < -0.39 is 0 Å². The summed E-state index contributed by atoms with van der Waals surface area (Å²) in [5.41, 5.74) is 2.79. The molecule has 2 aromatic rings. The zero-order valence-electron chi connectivity index (χ0n) is 13.0. The molecule has 4 rings (SSSR count). The SMILES string of the molecule is N#CCN1CCC2(CC1)CN(c1ncccn1)c1ccccc12. The van der Waals surface area contributed by atoms with Crippen molar-refractivity contribution >= 4 is 11.6 Å². The molecule has 0 amide bonds. The topological polar surface area (TPSA) is 56.1 Å². The third-order valence-electron chi connectivity index (χ3n) is 5.13. The van der Waals surface area contributed by atoms with Gasteiger partial charge >= 0.3 is 0 Å². The van der Waals surface area contributed by atoms with Gasteiger partial charge in [-0.15, -0.1) is 0 Å². The second kappa shape index (κ2) is 5.64. The lowest BCUT2D eigenvalue weighted by molar-refractivity contribution is 0.183. The van der Waals surface area contributed by atoms with Gasteiger partial charge in [0.05, 0.1) is 12.6 Å². The van der Waals surface area contributed by atoms with Gasteiger partial charge in [-0.25, -0.2) is 9.97 Å². The van der Waals surface area contributed by atoms with Crippen LogP contribution in [0.5, 0.6) is 0 Å². The van der Waals surface area contributed by atoms with E-state index in [9.17, 15) is 0 Å². The molecular weight excluding hydrogens is 286 g/mol. The summed E-state index contributed by atoms with van der Waals surface area (Å²) in [7, 11) is 0. The van der Waals surface area contributed by atoms with Gasteiger partial charge in [-0.3, -0.25) is 4.90 Å². The second-order valence-corrected chi connectivity index (χ2v) is 6.37. The van der Waals surface area contributed by atoms with E-state index in [1.807, 2.05) is 6.07 Å². The molecule has 2 aliphatic rings. The Kier molecular flexibility index (Phi) is 3.47. The van der Waals surface area contributed by atoms with Crippen LogP contribution in [0.1, 0.15) is 18.4 Å². The van der Waals surface area contributed by atoms with Crippen LogP contribution < -0.4 is 4.90 Å². The van der Waals surface area contributed by atoms with Gasteiger partial charge in [0.2, 0.25) is 5.95 Å². The second-order valence-electron chi connectivity index (χ2n) is 6.37. The quantitative estimate of drug-likeness (QED) is 0.798. The van der Waals surface area contributed by atoms with Gasteiger partial charge in [0, 0.05) is 43.1 Å². The number of anilines is 2. The number of fused-ring (bicyclic) bond motifs is 2. The van der Waals surface area contributed by atoms with Crippen molar-refractivity contribution in [3.05, 3.63) is 48.3 Å². The van der Waals surface area contributed by atoms with Crippen molar-refractivity contribution in [2.45, 2.75) is 18.3 Å². The Labute approximate surface area is 136 Å². The van der Waals surface area contributed by atoms with Crippen molar-refractivity contribution in [3.8, 4) is 6.07 Å². The number of rotatable bonds is 2. The minimum Gasteiger partial charge on any atom is -0.309 e. The normalized spacial score (nSPS) is 19.5. The van der Waals surface area contributed by atoms with Crippen molar-refractivity contribution in [2.75, 3.05) is 31.1 Å². The van der Waals surface area contributed by atoms with Gasteiger partial charge in [-0.2, -0.15) is 5.26 Å². The summed E-state index contributed by atoms with van der Waals surface area (Å²) in [6.45, 7) is 3.41. The van der Waals surface area contributed by atoms with E-state index in [-0.39, 0.29) is 5.41 Å². The van der Waals surface area contributed by atoms with E-state index in [2.05, 4.69) is 50.1 Å². The first-order valence-corrected chi connectivity index (χ1v) is 8.06. The van der Waals surface area contributed by atoms with Crippen molar-refractivity contribution in [3.63, 3.8) is 0 Å². The van der Waals surface area contributed by atoms with Gasteiger partial charge in [0.15, 0.2) is 0 Å².